The molecule has 1 unspecified atom stereocenters. The molecule has 2 rings (SSSR count). The van der Waals surface area contributed by atoms with Crippen LogP contribution in [0, 0.1) is 5.82 Å². The van der Waals surface area contributed by atoms with Gasteiger partial charge in [-0.1, -0.05) is 6.07 Å². The predicted molar refractivity (Wildman–Crippen MR) is 76.3 cm³/mol. The molecule has 2 N–H and O–H groups in total. The summed E-state index contributed by atoms with van der Waals surface area (Å²) in [6, 6.07) is 5.52. The number of likely N-dealkylation sites (tertiary alicyclic amines) is 1. The topological polar surface area (TPSA) is 32.5 Å². The lowest BCUT2D eigenvalue weighted by Gasteiger charge is -2.36. The van der Waals surface area contributed by atoms with Gasteiger partial charge in [0.2, 0.25) is 0 Å². The Bertz CT molecular complexity index is 420. The summed E-state index contributed by atoms with van der Waals surface area (Å²) in [6.45, 7) is 3.41. The van der Waals surface area contributed by atoms with E-state index in [-0.39, 0.29) is 5.82 Å². The second kappa shape index (κ2) is 6.46. The van der Waals surface area contributed by atoms with E-state index in [1.807, 2.05) is 0 Å². The van der Waals surface area contributed by atoms with Crippen molar-refractivity contribution in [1.82, 2.24) is 9.80 Å². The van der Waals surface area contributed by atoms with Crippen LogP contribution in [0.1, 0.15) is 24.0 Å². The second-order valence-corrected chi connectivity index (χ2v) is 5.61. The van der Waals surface area contributed by atoms with E-state index in [4.69, 9.17) is 5.73 Å². The van der Waals surface area contributed by atoms with Crippen molar-refractivity contribution in [3.8, 4) is 0 Å². The molecule has 4 heteroatoms. The molecule has 1 aliphatic heterocycles. The van der Waals surface area contributed by atoms with Gasteiger partial charge in [0, 0.05) is 25.7 Å². The fraction of sp³-hybridized carbons (Fsp3) is 0.600. The Labute approximate surface area is 115 Å². The van der Waals surface area contributed by atoms with Crippen LogP contribution < -0.4 is 5.73 Å². The fourth-order valence-electron chi connectivity index (χ4n) is 2.78. The van der Waals surface area contributed by atoms with E-state index in [1.54, 1.807) is 12.1 Å². The third-order valence-electron chi connectivity index (χ3n) is 3.99. The van der Waals surface area contributed by atoms with Crippen LogP contribution in [0.15, 0.2) is 18.2 Å². The number of hydrogen-bond acceptors (Lipinski definition) is 3. The van der Waals surface area contributed by atoms with Crippen molar-refractivity contribution in [3.63, 3.8) is 0 Å². The van der Waals surface area contributed by atoms with Crippen LogP contribution in [0.4, 0.5) is 4.39 Å². The van der Waals surface area contributed by atoms with Crippen LogP contribution in [-0.2, 0) is 13.1 Å². The lowest BCUT2D eigenvalue weighted by Crippen LogP contribution is -2.44. The van der Waals surface area contributed by atoms with Crippen molar-refractivity contribution in [3.05, 3.63) is 35.1 Å². The highest BCUT2D eigenvalue weighted by Gasteiger charge is 2.21. The highest BCUT2D eigenvalue weighted by Crippen LogP contribution is 2.19. The van der Waals surface area contributed by atoms with Gasteiger partial charge in [-0.3, -0.25) is 4.90 Å². The molecule has 0 saturated carbocycles. The number of likely N-dealkylation sites (N-methyl/N-ethyl adjacent to an activating group) is 1. The number of halogens is 1. The number of benzene rings is 1. The van der Waals surface area contributed by atoms with E-state index < -0.39 is 0 Å². The number of hydrogen-bond donors (Lipinski definition) is 1. The smallest absolute Gasteiger partial charge is 0.123 e. The SMILES string of the molecule is CN(C)C1CCCN(Cc2cc(F)ccc2CN)C1. The summed E-state index contributed by atoms with van der Waals surface area (Å²) in [6.07, 6.45) is 2.45. The van der Waals surface area contributed by atoms with Crippen LogP contribution in [0.5, 0.6) is 0 Å². The normalized spacial score (nSPS) is 21.0. The van der Waals surface area contributed by atoms with E-state index in [0.29, 0.717) is 12.6 Å². The zero-order valence-corrected chi connectivity index (χ0v) is 11.9. The molecular weight excluding hydrogens is 241 g/mol. The highest BCUT2D eigenvalue weighted by atomic mass is 19.1. The summed E-state index contributed by atoms with van der Waals surface area (Å²) in [7, 11) is 4.25. The third-order valence-corrected chi connectivity index (χ3v) is 3.99. The quantitative estimate of drug-likeness (QED) is 0.901. The minimum atomic E-state index is -0.173. The molecular formula is C15H24FN3. The van der Waals surface area contributed by atoms with Crippen molar-refractivity contribution < 1.29 is 4.39 Å². The minimum absolute atomic E-state index is 0.173. The standard InChI is InChI=1S/C15H24FN3/c1-18(2)15-4-3-7-19(11-15)10-13-8-14(16)6-5-12(13)9-17/h5-6,8,15H,3-4,7,9-11,17H2,1-2H3. The Morgan fingerprint density at radius 1 is 1.37 bits per heavy atom. The molecule has 0 aromatic heterocycles. The summed E-state index contributed by atoms with van der Waals surface area (Å²) in [5, 5.41) is 0. The Kier molecular flexibility index (Phi) is 4.91. The van der Waals surface area contributed by atoms with Crippen LogP contribution in [0.25, 0.3) is 0 Å². The first-order valence-corrected chi connectivity index (χ1v) is 6.96. The molecule has 1 aliphatic rings. The monoisotopic (exact) mass is 265 g/mol. The minimum Gasteiger partial charge on any atom is -0.326 e. The number of rotatable bonds is 4. The van der Waals surface area contributed by atoms with Gasteiger partial charge in [0.15, 0.2) is 0 Å². The third kappa shape index (κ3) is 3.75. The van der Waals surface area contributed by atoms with Crippen LogP contribution in [0.2, 0.25) is 0 Å². The lowest BCUT2D eigenvalue weighted by atomic mass is 10.0. The zero-order valence-electron chi connectivity index (χ0n) is 11.9. The van der Waals surface area contributed by atoms with E-state index in [1.165, 1.54) is 18.9 Å². The number of nitrogens with zero attached hydrogens (tertiary/aromatic N) is 2. The van der Waals surface area contributed by atoms with Crippen LogP contribution in [0.3, 0.4) is 0 Å². The summed E-state index contributed by atoms with van der Waals surface area (Å²) >= 11 is 0. The van der Waals surface area contributed by atoms with Gasteiger partial charge in [-0.15, -0.1) is 0 Å². The van der Waals surface area contributed by atoms with Crippen LogP contribution >= 0.6 is 0 Å². The summed E-state index contributed by atoms with van der Waals surface area (Å²) < 4.78 is 13.4. The zero-order chi connectivity index (χ0) is 13.8. The number of piperidine rings is 1. The van der Waals surface area contributed by atoms with Gasteiger partial charge in [-0.2, -0.15) is 0 Å². The fourth-order valence-corrected chi connectivity index (χ4v) is 2.78. The molecule has 0 bridgehead atoms. The van der Waals surface area contributed by atoms with Gasteiger partial charge in [-0.25, -0.2) is 4.39 Å². The van der Waals surface area contributed by atoms with Gasteiger partial charge < -0.3 is 10.6 Å². The molecule has 1 aromatic carbocycles. The summed E-state index contributed by atoms with van der Waals surface area (Å²) in [5.74, 6) is -0.173. The van der Waals surface area contributed by atoms with E-state index >= 15 is 0 Å². The first-order chi connectivity index (χ1) is 9.10. The van der Waals surface area contributed by atoms with Crippen LogP contribution in [-0.4, -0.2) is 43.0 Å². The molecule has 0 spiro atoms. The molecule has 106 valence electrons. The van der Waals surface area contributed by atoms with Crippen molar-refractivity contribution in [1.29, 1.82) is 0 Å². The van der Waals surface area contributed by atoms with E-state index in [0.717, 1.165) is 30.8 Å². The predicted octanol–water partition coefficient (Wildman–Crippen LogP) is 1.81. The van der Waals surface area contributed by atoms with Gasteiger partial charge >= 0.3 is 0 Å². The first kappa shape index (κ1) is 14.4. The molecule has 19 heavy (non-hydrogen) atoms. The Balaban J connectivity index is 2.06. The molecule has 1 atom stereocenters. The maximum atomic E-state index is 13.4. The molecule has 0 amide bonds. The molecule has 1 heterocycles. The molecule has 0 radical (unpaired) electrons. The lowest BCUT2D eigenvalue weighted by molar-refractivity contribution is 0.127. The Hall–Kier alpha value is -0.970. The molecule has 1 aromatic rings. The number of nitrogens with two attached hydrogens (primary N) is 1. The van der Waals surface area contributed by atoms with Crippen molar-refractivity contribution in [2.75, 3.05) is 27.2 Å². The molecule has 1 saturated heterocycles. The van der Waals surface area contributed by atoms with Gasteiger partial charge in [0.25, 0.3) is 0 Å². The maximum Gasteiger partial charge on any atom is 0.123 e. The first-order valence-electron chi connectivity index (χ1n) is 6.96. The highest BCUT2D eigenvalue weighted by molar-refractivity contribution is 5.27. The average Bonchev–Trinajstić information content (AvgIpc) is 2.39. The van der Waals surface area contributed by atoms with Crippen molar-refractivity contribution in [2.45, 2.75) is 32.0 Å². The summed E-state index contributed by atoms with van der Waals surface area (Å²) in [4.78, 5) is 4.68. The van der Waals surface area contributed by atoms with E-state index in [9.17, 15) is 4.39 Å². The second-order valence-electron chi connectivity index (χ2n) is 5.61. The average molecular weight is 265 g/mol. The molecule has 1 fully saturated rings. The Morgan fingerprint density at radius 2 is 2.16 bits per heavy atom. The molecule has 3 nitrogen and oxygen atoms in total. The largest absolute Gasteiger partial charge is 0.326 e. The maximum absolute atomic E-state index is 13.4. The van der Waals surface area contributed by atoms with E-state index in [2.05, 4.69) is 23.9 Å². The Morgan fingerprint density at radius 3 is 2.84 bits per heavy atom. The van der Waals surface area contributed by atoms with Gasteiger partial charge in [0.1, 0.15) is 5.82 Å². The van der Waals surface area contributed by atoms with Crippen molar-refractivity contribution >= 4 is 0 Å². The van der Waals surface area contributed by atoms with Crippen molar-refractivity contribution in [2.24, 2.45) is 5.73 Å². The molecule has 0 aliphatic carbocycles. The van der Waals surface area contributed by atoms with Gasteiger partial charge in [-0.05, 0) is 56.7 Å². The van der Waals surface area contributed by atoms with Gasteiger partial charge in [0.05, 0.1) is 0 Å². The summed E-state index contributed by atoms with van der Waals surface area (Å²) in [5.41, 5.74) is 7.81.